The molecule has 0 aliphatic carbocycles. The number of amides is 1. The number of esters is 1. The topological polar surface area (TPSA) is 92.7 Å². The Morgan fingerprint density at radius 3 is 2.20 bits per heavy atom. The van der Waals surface area contributed by atoms with E-state index in [0.29, 0.717) is 11.3 Å². The Bertz CT molecular complexity index is 740. The fourth-order valence-corrected chi connectivity index (χ4v) is 2.49. The minimum Gasteiger partial charge on any atom is -0.481 e. The van der Waals surface area contributed by atoms with Crippen molar-refractivity contribution in [2.24, 2.45) is 0 Å². The van der Waals surface area contributed by atoms with Crippen molar-refractivity contribution in [2.45, 2.75) is 18.8 Å². The van der Waals surface area contributed by atoms with Gasteiger partial charge in [-0.25, -0.2) is 4.79 Å². The number of carbonyl (C=O) groups excluding carboxylic acids is 2. The monoisotopic (exact) mass is 341 g/mol. The lowest BCUT2D eigenvalue weighted by molar-refractivity contribution is -0.137. The van der Waals surface area contributed by atoms with Crippen LogP contribution in [-0.2, 0) is 14.3 Å². The van der Waals surface area contributed by atoms with E-state index in [2.05, 4.69) is 10.1 Å². The first-order valence-corrected chi connectivity index (χ1v) is 7.74. The van der Waals surface area contributed by atoms with Crippen molar-refractivity contribution < 1.29 is 24.2 Å². The van der Waals surface area contributed by atoms with Crippen LogP contribution < -0.4 is 5.32 Å². The van der Waals surface area contributed by atoms with Crippen molar-refractivity contribution in [3.63, 3.8) is 0 Å². The molecule has 0 aromatic heterocycles. The molecule has 130 valence electrons. The maximum atomic E-state index is 12.3. The molecule has 6 nitrogen and oxygen atoms in total. The quantitative estimate of drug-likeness (QED) is 0.755. The highest BCUT2D eigenvalue weighted by Crippen LogP contribution is 2.24. The molecule has 2 N–H and O–H groups in total. The van der Waals surface area contributed by atoms with Crippen LogP contribution in [0.25, 0.3) is 0 Å². The standard InChI is InChI=1S/C19H19NO5/c1-25-19(24)14-7-9-16(10-8-14)20-17(21)11-15(12-18(22)23)13-5-3-2-4-6-13/h2-10,15H,11-12H2,1H3,(H,20,21)(H,22,23)/t15-/m0/s1. The minimum atomic E-state index is -0.955. The van der Waals surface area contributed by atoms with Gasteiger partial charge >= 0.3 is 11.9 Å². The predicted octanol–water partition coefficient (Wildman–Crippen LogP) is 3.06. The van der Waals surface area contributed by atoms with Crippen LogP contribution in [0.5, 0.6) is 0 Å². The molecule has 2 aromatic carbocycles. The summed E-state index contributed by atoms with van der Waals surface area (Å²) in [6.45, 7) is 0. The van der Waals surface area contributed by atoms with Crippen molar-refractivity contribution in [2.75, 3.05) is 12.4 Å². The summed E-state index contributed by atoms with van der Waals surface area (Å²) in [6, 6.07) is 15.4. The third kappa shape index (κ3) is 5.46. The summed E-state index contributed by atoms with van der Waals surface area (Å²) in [5.41, 5.74) is 1.72. The Kier molecular flexibility index (Phi) is 6.28. The van der Waals surface area contributed by atoms with E-state index in [9.17, 15) is 14.4 Å². The SMILES string of the molecule is COC(=O)c1ccc(NC(=O)C[C@@H](CC(=O)O)c2ccccc2)cc1. The van der Waals surface area contributed by atoms with Crippen LogP contribution in [-0.4, -0.2) is 30.1 Å². The lowest BCUT2D eigenvalue weighted by atomic mass is 9.92. The molecule has 0 bridgehead atoms. The van der Waals surface area contributed by atoms with Gasteiger partial charge in [0.1, 0.15) is 0 Å². The van der Waals surface area contributed by atoms with E-state index in [4.69, 9.17) is 5.11 Å². The molecule has 1 atom stereocenters. The number of carbonyl (C=O) groups is 3. The maximum Gasteiger partial charge on any atom is 0.337 e. The molecule has 0 saturated carbocycles. The highest BCUT2D eigenvalue weighted by molar-refractivity contribution is 5.93. The van der Waals surface area contributed by atoms with E-state index >= 15 is 0 Å². The first-order chi connectivity index (χ1) is 12.0. The Hall–Kier alpha value is -3.15. The van der Waals surface area contributed by atoms with Gasteiger partial charge in [-0.1, -0.05) is 30.3 Å². The normalized spacial score (nSPS) is 11.4. The van der Waals surface area contributed by atoms with Gasteiger partial charge < -0.3 is 15.2 Å². The van der Waals surface area contributed by atoms with Gasteiger partial charge in [-0.15, -0.1) is 0 Å². The second-order valence-corrected chi connectivity index (χ2v) is 5.53. The van der Waals surface area contributed by atoms with Crippen LogP contribution in [0.15, 0.2) is 54.6 Å². The number of rotatable bonds is 7. The molecule has 1 amide bonds. The number of carboxylic acid groups (broad SMARTS) is 1. The zero-order valence-electron chi connectivity index (χ0n) is 13.8. The van der Waals surface area contributed by atoms with Gasteiger partial charge in [0, 0.05) is 18.0 Å². The fourth-order valence-electron chi connectivity index (χ4n) is 2.49. The number of hydrogen-bond acceptors (Lipinski definition) is 4. The molecule has 6 heteroatoms. The molecule has 0 aliphatic heterocycles. The Morgan fingerprint density at radius 2 is 1.64 bits per heavy atom. The highest BCUT2D eigenvalue weighted by Gasteiger charge is 2.19. The third-order valence-corrected chi connectivity index (χ3v) is 3.71. The van der Waals surface area contributed by atoms with Crippen LogP contribution in [0.3, 0.4) is 0 Å². The van der Waals surface area contributed by atoms with Crippen LogP contribution in [0, 0.1) is 0 Å². The molecule has 2 aromatic rings. The number of anilines is 1. The van der Waals surface area contributed by atoms with Crippen LogP contribution in [0.1, 0.15) is 34.7 Å². The molecule has 0 saturated heterocycles. The van der Waals surface area contributed by atoms with Crippen molar-refractivity contribution in [3.05, 3.63) is 65.7 Å². The molecular weight excluding hydrogens is 322 g/mol. The van der Waals surface area contributed by atoms with Crippen molar-refractivity contribution in [3.8, 4) is 0 Å². The van der Waals surface area contributed by atoms with Gasteiger partial charge in [0.15, 0.2) is 0 Å². The van der Waals surface area contributed by atoms with E-state index in [1.54, 1.807) is 24.3 Å². The second-order valence-electron chi connectivity index (χ2n) is 5.53. The largest absolute Gasteiger partial charge is 0.481 e. The number of benzene rings is 2. The van der Waals surface area contributed by atoms with Crippen molar-refractivity contribution in [1.29, 1.82) is 0 Å². The summed E-state index contributed by atoms with van der Waals surface area (Å²) in [5.74, 6) is -2.11. The summed E-state index contributed by atoms with van der Waals surface area (Å²) < 4.78 is 4.61. The predicted molar refractivity (Wildman–Crippen MR) is 92.5 cm³/mol. The summed E-state index contributed by atoms with van der Waals surface area (Å²) in [6.07, 6.45) is -0.0756. The average Bonchev–Trinajstić information content (AvgIpc) is 2.61. The first-order valence-electron chi connectivity index (χ1n) is 7.74. The fraction of sp³-hybridized carbons (Fsp3) is 0.211. The third-order valence-electron chi connectivity index (χ3n) is 3.71. The molecule has 0 unspecified atom stereocenters. The lowest BCUT2D eigenvalue weighted by Gasteiger charge is -2.15. The number of nitrogens with one attached hydrogen (secondary N) is 1. The Labute approximate surface area is 145 Å². The van der Waals surface area contributed by atoms with Gasteiger partial charge in [-0.2, -0.15) is 0 Å². The summed E-state index contributed by atoms with van der Waals surface area (Å²) in [5, 5.41) is 11.8. The number of methoxy groups -OCH3 is 1. The van der Waals surface area contributed by atoms with Gasteiger partial charge in [-0.3, -0.25) is 9.59 Å². The van der Waals surface area contributed by atoms with E-state index in [-0.39, 0.29) is 18.7 Å². The van der Waals surface area contributed by atoms with E-state index < -0.39 is 17.9 Å². The number of aliphatic carboxylic acids is 1. The summed E-state index contributed by atoms with van der Waals surface area (Å²) in [7, 11) is 1.30. The van der Waals surface area contributed by atoms with E-state index in [1.165, 1.54) is 7.11 Å². The van der Waals surface area contributed by atoms with Crippen molar-refractivity contribution >= 4 is 23.5 Å². The minimum absolute atomic E-state index is 0.0507. The summed E-state index contributed by atoms with van der Waals surface area (Å²) in [4.78, 5) is 34.7. The zero-order chi connectivity index (χ0) is 18.2. The Morgan fingerprint density at radius 1 is 1.00 bits per heavy atom. The molecule has 0 radical (unpaired) electrons. The van der Waals surface area contributed by atoms with E-state index in [1.807, 2.05) is 30.3 Å². The lowest BCUT2D eigenvalue weighted by Crippen LogP contribution is -2.17. The zero-order valence-corrected chi connectivity index (χ0v) is 13.8. The smallest absolute Gasteiger partial charge is 0.337 e. The van der Waals surface area contributed by atoms with E-state index in [0.717, 1.165) is 5.56 Å². The molecule has 0 spiro atoms. The molecular formula is C19H19NO5. The number of carboxylic acids is 1. The molecule has 0 aliphatic rings. The van der Waals surface area contributed by atoms with Gasteiger partial charge in [0.2, 0.25) is 5.91 Å². The van der Waals surface area contributed by atoms with Gasteiger partial charge in [0.25, 0.3) is 0 Å². The van der Waals surface area contributed by atoms with Gasteiger partial charge in [-0.05, 0) is 29.8 Å². The van der Waals surface area contributed by atoms with Crippen LogP contribution in [0.4, 0.5) is 5.69 Å². The molecule has 25 heavy (non-hydrogen) atoms. The number of ether oxygens (including phenoxy) is 1. The second kappa shape index (κ2) is 8.63. The Balaban J connectivity index is 2.03. The van der Waals surface area contributed by atoms with Crippen LogP contribution in [0.2, 0.25) is 0 Å². The van der Waals surface area contributed by atoms with Gasteiger partial charge in [0.05, 0.1) is 19.1 Å². The average molecular weight is 341 g/mol. The first kappa shape index (κ1) is 18.2. The molecule has 2 rings (SSSR count). The number of hydrogen-bond donors (Lipinski definition) is 2. The maximum absolute atomic E-state index is 12.3. The summed E-state index contributed by atoms with van der Waals surface area (Å²) >= 11 is 0. The van der Waals surface area contributed by atoms with Crippen LogP contribution >= 0.6 is 0 Å². The molecule has 0 fully saturated rings. The molecule has 0 heterocycles. The van der Waals surface area contributed by atoms with Crippen molar-refractivity contribution in [1.82, 2.24) is 0 Å². The highest BCUT2D eigenvalue weighted by atomic mass is 16.5.